The maximum atomic E-state index is 5.12. The van der Waals surface area contributed by atoms with Crippen LogP contribution in [-0.2, 0) is 0 Å². The maximum absolute atomic E-state index is 5.12. The van der Waals surface area contributed by atoms with E-state index in [4.69, 9.17) is 12.2 Å². The summed E-state index contributed by atoms with van der Waals surface area (Å²) in [6.07, 6.45) is 0. The Kier molecular flexibility index (Phi) is 2.56. The predicted octanol–water partition coefficient (Wildman–Crippen LogP) is 2.74. The third-order valence-corrected chi connectivity index (χ3v) is 3.83. The normalized spacial score (nSPS) is 27.3. The lowest BCUT2D eigenvalue weighted by molar-refractivity contribution is 0.674. The van der Waals surface area contributed by atoms with E-state index in [1.54, 1.807) is 11.8 Å². The molecule has 0 aromatic heterocycles. The van der Waals surface area contributed by atoms with Gasteiger partial charge in [0.05, 0.1) is 5.25 Å². The van der Waals surface area contributed by atoms with E-state index in [2.05, 4.69) is 36.5 Å². The van der Waals surface area contributed by atoms with Gasteiger partial charge in [0, 0.05) is 6.04 Å². The van der Waals surface area contributed by atoms with Crippen molar-refractivity contribution in [2.75, 3.05) is 0 Å². The van der Waals surface area contributed by atoms with Crippen molar-refractivity contribution in [3.63, 3.8) is 0 Å². The summed E-state index contributed by atoms with van der Waals surface area (Å²) in [4.78, 5) is 0. The Hall–Kier alpha value is -0.540. The van der Waals surface area contributed by atoms with Crippen molar-refractivity contribution in [2.24, 2.45) is 0 Å². The third-order valence-electron chi connectivity index (χ3n) is 2.16. The smallest absolute Gasteiger partial charge is 0.134 e. The Morgan fingerprint density at radius 2 is 2.00 bits per heavy atom. The molecule has 1 aromatic rings. The summed E-state index contributed by atoms with van der Waals surface area (Å²) in [7, 11) is 0. The minimum Gasteiger partial charge on any atom is -0.367 e. The van der Waals surface area contributed by atoms with Crippen molar-refractivity contribution < 1.29 is 0 Å². The standard InChI is InChI=1S/C10H11NS2/c1-7-9(13-10(12)11-7)8-5-3-2-4-6-8/h2-7,9H,1H3,(H,11,12)/t7-,9-/m1/s1. The molecule has 2 rings (SSSR count). The van der Waals surface area contributed by atoms with Gasteiger partial charge in [-0.1, -0.05) is 54.3 Å². The number of rotatable bonds is 1. The van der Waals surface area contributed by atoms with Crippen LogP contribution in [0.5, 0.6) is 0 Å². The molecule has 0 bridgehead atoms. The Morgan fingerprint density at radius 1 is 1.31 bits per heavy atom. The number of nitrogens with one attached hydrogen (secondary N) is 1. The molecule has 1 N–H and O–H groups in total. The van der Waals surface area contributed by atoms with Crippen LogP contribution in [0, 0.1) is 0 Å². The molecule has 13 heavy (non-hydrogen) atoms. The van der Waals surface area contributed by atoms with Crippen molar-refractivity contribution in [3.05, 3.63) is 35.9 Å². The third kappa shape index (κ3) is 1.86. The molecular formula is C10H11NS2. The van der Waals surface area contributed by atoms with E-state index in [0.29, 0.717) is 11.3 Å². The van der Waals surface area contributed by atoms with Crippen LogP contribution in [0.2, 0.25) is 0 Å². The number of thioether (sulfide) groups is 1. The monoisotopic (exact) mass is 209 g/mol. The molecule has 0 radical (unpaired) electrons. The highest BCUT2D eigenvalue weighted by Gasteiger charge is 2.28. The van der Waals surface area contributed by atoms with E-state index in [1.165, 1.54) is 5.56 Å². The number of thiocarbonyl (C=S) groups is 1. The second kappa shape index (κ2) is 3.68. The molecule has 1 nitrogen and oxygen atoms in total. The van der Waals surface area contributed by atoms with Crippen LogP contribution in [0.15, 0.2) is 30.3 Å². The van der Waals surface area contributed by atoms with Gasteiger partial charge in [-0.15, -0.1) is 0 Å². The van der Waals surface area contributed by atoms with E-state index >= 15 is 0 Å². The van der Waals surface area contributed by atoms with Gasteiger partial charge in [-0.3, -0.25) is 0 Å². The van der Waals surface area contributed by atoms with Crippen LogP contribution >= 0.6 is 24.0 Å². The molecule has 0 spiro atoms. The first kappa shape index (κ1) is 9.03. The zero-order valence-electron chi connectivity index (χ0n) is 7.36. The first-order valence-electron chi connectivity index (χ1n) is 4.29. The summed E-state index contributed by atoms with van der Waals surface area (Å²) in [5, 5.41) is 3.74. The molecule has 1 saturated heterocycles. The zero-order chi connectivity index (χ0) is 9.26. The van der Waals surface area contributed by atoms with Gasteiger partial charge in [0.25, 0.3) is 0 Å². The van der Waals surface area contributed by atoms with Crippen molar-refractivity contribution >= 4 is 28.3 Å². The highest BCUT2D eigenvalue weighted by molar-refractivity contribution is 8.23. The summed E-state index contributed by atoms with van der Waals surface area (Å²) in [5.74, 6) is 0. The Bertz CT molecular complexity index is 310. The summed E-state index contributed by atoms with van der Waals surface area (Å²) in [6.45, 7) is 2.17. The van der Waals surface area contributed by atoms with E-state index in [-0.39, 0.29) is 0 Å². The van der Waals surface area contributed by atoms with E-state index in [9.17, 15) is 0 Å². The van der Waals surface area contributed by atoms with Gasteiger partial charge in [-0.25, -0.2) is 0 Å². The fourth-order valence-electron chi connectivity index (χ4n) is 1.51. The van der Waals surface area contributed by atoms with Crippen LogP contribution in [0.25, 0.3) is 0 Å². The van der Waals surface area contributed by atoms with Crippen LogP contribution < -0.4 is 5.32 Å². The molecule has 3 heteroatoms. The summed E-state index contributed by atoms with van der Waals surface area (Å²) in [6, 6.07) is 10.9. The van der Waals surface area contributed by atoms with Crippen molar-refractivity contribution in [3.8, 4) is 0 Å². The topological polar surface area (TPSA) is 12.0 Å². The molecular weight excluding hydrogens is 198 g/mol. The Labute approximate surface area is 87.9 Å². The highest BCUT2D eigenvalue weighted by Crippen LogP contribution is 2.37. The largest absolute Gasteiger partial charge is 0.367 e. The predicted molar refractivity (Wildman–Crippen MR) is 62.0 cm³/mol. The Balaban J connectivity index is 2.23. The van der Waals surface area contributed by atoms with Gasteiger partial charge >= 0.3 is 0 Å². The van der Waals surface area contributed by atoms with E-state index < -0.39 is 0 Å². The van der Waals surface area contributed by atoms with Gasteiger partial charge in [-0.05, 0) is 12.5 Å². The fourth-order valence-corrected chi connectivity index (χ4v) is 3.06. The first-order valence-corrected chi connectivity index (χ1v) is 5.58. The summed E-state index contributed by atoms with van der Waals surface area (Å²) >= 11 is 6.87. The molecule has 1 aliphatic rings. The van der Waals surface area contributed by atoms with Crippen LogP contribution in [0.4, 0.5) is 0 Å². The average molecular weight is 209 g/mol. The van der Waals surface area contributed by atoms with Crippen LogP contribution in [0.3, 0.4) is 0 Å². The summed E-state index contributed by atoms with van der Waals surface area (Å²) in [5.41, 5.74) is 1.35. The average Bonchev–Trinajstić information content (AvgIpc) is 2.47. The van der Waals surface area contributed by atoms with Gasteiger partial charge in [-0.2, -0.15) is 0 Å². The van der Waals surface area contributed by atoms with Crippen molar-refractivity contribution in [1.82, 2.24) is 5.32 Å². The molecule has 1 aliphatic heterocycles. The molecule has 0 unspecified atom stereocenters. The zero-order valence-corrected chi connectivity index (χ0v) is 8.99. The molecule has 0 aliphatic carbocycles. The fraction of sp³-hybridized carbons (Fsp3) is 0.300. The first-order chi connectivity index (χ1) is 6.27. The molecule has 0 amide bonds. The minimum atomic E-state index is 0.444. The lowest BCUT2D eigenvalue weighted by atomic mass is 10.1. The van der Waals surface area contributed by atoms with Crippen LogP contribution in [0.1, 0.15) is 17.7 Å². The molecule has 1 heterocycles. The molecule has 0 saturated carbocycles. The molecule has 1 aromatic carbocycles. The van der Waals surface area contributed by atoms with Crippen molar-refractivity contribution in [1.29, 1.82) is 0 Å². The minimum absolute atomic E-state index is 0.444. The maximum Gasteiger partial charge on any atom is 0.134 e. The lowest BCUT2D eigenvalue weighted by Gasteiger charge is -2.12. The van der Waals surface area contributed by atoms with Gasteiger partial charge in [0.2, 0.25) is 0 Å². The lowest BCUT2D eigenvalue weighted by Crippen LogP contribution is -2.23. The van der Waals surface area contributed by atoms with Crippen molar-refractivity contribution in [2.45, 2.75) is 18.2 Å². The quantitative estimate of drug-likeness (QED) is 0.714. The number of hydrogen-bond donors (Lipinski definition) is 1. The Morgan fingerprint density at radius 3 is 2.54 bits per heavy atom. The molecule has 2 atom stereocenters. The molecule has 1 fully saturated rings. The van der Waals surface area contributed by atoms with E-state index in [1.807, 2.05) is 6.07 Å². The second-order valence-corrected chi connectivity index (χ2v) is 4.99. The summed E-state index contributed by atoms with van der Waals surface area (Å²) < 4.78 is 0.918. The van der Waals surface area contributed by atoms with Gasteiger partial charge in [0.15, 0.2) is 0 Å². The van der Waals surface area contributed by atoms with Gasteiger partial charge < -0.3 is 5.32 Å². The molecule has 68 valence electrons. The van der Waals surface area contributed by atoms with Crippen LogP contribution in [-0.4, -0.2) is 10.4 Å². The second-order valence-electron chi connectivity index (χ2n) is 3.17. The number of benzene rings is 1. The number of hydrogen-bond acceptors (Lipinski definition) is 2. The highest BCUT2D eigenvalue weighted by atomic mass is 32.2. The SMILES string of the molecule is C[C@H]1NC(=S)S[C@H]1c1ccccc1. The van der Waals surface area contributed by atoms with E-state index in [0.717, 1.165) is 4.32 Å². The van der Waals surface area contributed by atoms with Gasteiger partial charge in [0.1, 0.15) is 4.32 Å².